The van der Waals surface area contributed by atoms with E-state index in [1.165, 1.54) is 18.2 Å². The fraction of sp³-hybridized carbons (Fsp3) is 0. The molecule has 0 amide bonds. The topological polar surface area (TPSA) is 85.2 Å². The first-order valence-electron chi connectivity index (χ1n) is 5.93. The number of rotatable bonds is 2. The molecular weight excluding hydrogens is 341 g/mol. The van der Waals surface area contributed by atoms with Gasteiger partial charge in [-0.25, -0.2) is 4.39 Å². The second-order valence-electron chi connectivity index (χ2n) is 4.29. The van der Waals surface area contributed by atoms with Gasteiger partial charge >= 0.3 is 0 Å². The third-order valence-electron chi connectivity index (χ3n) is 2.90. The average molecular weight is 350 g/mol. The number of benzene rings is 2. The van der Waals surface area contributed by atoms with Crippen molar-refractivity contribution in [2.45, 2.75) is 0 Å². The molecule has 3 aromatic rings. The van der Waals surface area contributed by atoms with Crippen LogP contribution in [-0.4, -0.2) is 15.2 Å². The Kier molecular flexibility index (Phi) is 3.34. The van der Waals surface area contributed by atoms with Crippen LogP contribution >= 0.6 is 15.9 Å². The number of nitrogens with zero attached hydrogens (tertiary/aromatic N) is 2. The predicted molar refractivity (Wildman–Crippen MR) is 78.9 cm³/mol. The van der Waals surface area contributed by atoms with Crippen molar-refractivity contribution >= 4 is 21.6 Å². The number of anilines is 1. The smallest absolute Gasteiger partial charge is 0.262 e. The molecule has 0 fully saturated rings. The summed E-state index contributed by atoms with van der Waals surface area (Å²) in [7, 11) is 0. The van der Waals surface area contributed by atoms with Crippen LogP contribution in [0.5, 0.6) is 5.75 Å². The van der Waals surface area contributed by atoms with Crippen LogP contribution < -0.4 is 5.73 Å². The van der Waals surface area contributed by atoms with Crippen LogP contribution in [-0.2, 0) is 0 Å². The summed E-state index contributed by atoms with van der Waals surface area (Å²) in [6.45, 7) is 0. The van der Waals surface area contributed by atoms with Gasteiger partial charge in [0.2, 0.25) is 5.82 Å². The van der Waals surface area contributed by atoms with Crippen molar-refractivity contribution in [3.63, 3.8) is 0 Å². The van der Waals surface area contributed by atoms with Gasteiger partial charge in [0.25, 0.3) is 5.89 Å². The normalized spacial score (nSPS) is 10.8. The Morgan fingerprint density at radius 1 is 1.19 bits per heavy atom. The number of hydrogen-bond donors (Lipinski definition) is 2. The number of phenolic OH excluding ortho intramolecular Hbond substituents is 1. The Hall–Kier alpha value is -2.41. The highest BCUT2D eigenvalue weighted by Gasteiger charge is 2.16. The van der Waals surface area contributed by atoms with Gasteiger partial charge in [0.05, 0.1) is 11.3 Å². The van der Waals surface area contributed by atoms with E-state index in [0.29, 0.717) is 15.6 Å². The number of nitrogens with two attached hydrogens (primary N) is 1. The lowest BCUT2D eigenvalue weighted by molar-refractivity contribution is 0.426. The molecule has 0 unspecified atom stereocenters. The van der Waals surface area contributed by atoms with Gasteiger partial charge in [-0.15, -0.1) is 0 Å². The van der Waals surface area contributed by atoms with Gasteiger partial charge in [-0.3, -0.25) is 0 Å². The minimum atomic E-state index is -0.372. The fourth-order valence-corrected chi connectivity index (χ4v) is 2.38. The second-order valence-corrected chi connectivity index (χ2v) is 5.15. The lowest BCUT2D eigenvalue weighted by Gasteiger charge is -2.01. The van der Waals surface area contributed by atoms with E-state index in [-0.39, 0.29) is 29.0 Å². The molecule has 0 saturated heterocycles. The first-order chi connectivity index (χ1) is 10.1. The number of halogens is 2. The van der Waals surface area contributed by atoms with Crippen LogP contribution in [0.1, 0.15) is 0 Å². The molecule has 0 bridgehead atoms. The number of nitrogen functional groups attached to an aromatic ring is 1. The van der Waals surface area contributed by atoms with E-state index in [9.17, 15) is 9.50 Å². The minimum Gasteiger partial charge on any atom is -0.505 e. The van der Waals surface area contributed by atoms with Crippen molar-refractivity contribution in [1.82, 2.24) is 10.1 Å². The molecule has 0 saturated carbocycles. The van der Waals surface area contributed by atoms with E-state index in [1.54, 1.807) is 18.2 Å². The molecule has 0 aliphatic rings. The molecule has 106 valence electrons. The van der Waals surface area contributed by atoms with E-state index in [1.807, 2.05) is 0 Å². The van der Waals surface area contributed by atoms with Gasteiger partial charge in [-0.05, 0) is 46.3 Å². The monoisotopic (exact) mass is 349 g/mol. The van der Waals surface area contributed by atoms with Gasteiger partial charge in [-0.1, -0.05) is 11.2 Å². The number of hydrogen-bond acceptors (Lipinski definition) is 5. The van der Waals surface area contributed by atoms with Crippen LogP contribution in [0.2, 0.25) is 0 Å². The van der Waals surface area contributed by atoms with Crippen molar-refractivity contribution in [1.29, 1.82) is 0 Å². The maximum atomic E-state index is 13.1. The first kappa shape index (κ1) is 13.6. The molecule has 5 nitrogen and oxygen atoms in total. The van der Waals surface area contributed by atoms with E-state index < -0.39 is 0 Å². The molecule has 2 aromatic carbocycles. The van der Waals surface area contributed by atoms with Gasteiger partial charge in [0.15, 0.2) is 5.75 Å². The second kappa shape index (κ2) is 5.17. The molecule has 0 atom stereocenters. The number of para-hydroxylation sites is 1. The summed E-state index contributed by atoms with van der Waals surface area (Å²) < 4.78 is 18.7. The van der Waals surface area contributed by atoms with Crippen molar-refractivity contribution < 1.29 is 14.0 Å². The van der Waals surface area contributed by atoms with Crippen molar-refractivity contribution in [3.05, 3.63) is 46.7 Å². The van der Waals surface area contributed by atoms with E-state index in [2.05, 4.69) is 26.1 Å². The summed E-state index contributed by atoms with van der Waals surface area (Å²) in [5.74, 6) is -0.0848. The molecule has 0 spiro atoms. The highest BCUT2D eigenvalue weighted by molar-refractivity contribution is 9.10. The number of aromatic nitrogens is 2. The van der Waals surface area contributed by atoms with Crippen molar-refractivity contribution in [3.8, 4) is 28.6 Å². The molecule has 3 N–H and O–H groups in total. The molecule has 1 heterocycles. The Bertz CT molecular complexity index is 820. The average Bonchev–Trinajstić information content (AvgIpc) is 2.91. The third kappa shape index (κ3) is 2.47. The highest BCUT2D eigenvalue weighted by Crippen LogP contribution is 2.34. The maximum Gasteiger partial charge on any atom is 0.262 e. The van der Waals surface area contributed by atoms with E-state index in [4.69, 9.17) is 10.3 Å². The lowest BCUT2D eigenvalue weighted by atomic mass is 10.1. The standard InChI is InChI=1S/C14H9BrFN3O2/c15-10-6-7(16)4-5-8(10)13-18-14(21-19-13)9-2-1-3-11(17)12(9)20/h1-6,20H,17H2. The van der Waals surface area contributed by atoms with Crippen LogP contribution in [0.15, 0.2) is 45.4 Å². The minimum absolute atomic E-state index is 0.120. The molecule has 0 radical (unpaired) electrons. The number of aromatic hydroxyl groups is 1. The largest absolute Gasteiger partial charge is 0.505 e. The van der Waals surface area contributed by atoms with Crippen LogP contribution in [0, 0.1) is 5.82 Å². The molecule has 7 heteroatoms. The van der Waals surface area contributed by atoms with Crippen molar-refractivity contribution in [2.75, 3.05) is 5.73 Å². The molecule has 0 aliphatic heterocycles. The quantitative estimate of drug-likeness (QED) is 0.545. The zero-order chi connectivity index (χ0) is 15.0. The molecule has 3 rings (SSSR count). The van der Waals surface area contributed by atoms with Crippen molar-refractivity contribution in [2.24, 2.45) is 0 Å². The van der Waals surface area contributed by atoms with Crippen LogP contribution in [0.4, 0.5) is 10.1 Å². The Morgan fingerprint density at radius 3 is 2.76 bits per heavy atom. The third-order valence-corrected chi connectivity index (χ3v) is 3.55. The summed E-state index contributed by atoms with van der Waals surface area (Å²) >= 11 is 3.24. The Labute approximate surface area is 127 Å². The Balaban J connectivity index is 2.06. The first-order valence-corrected chi connectivity index (χ1v) is 6.72. The van der Waals surface area contributed by atoms with Crippen LogP contribution in [0.25, 0.3) is 22.8 Å². The summed E-state index contributed by atoms with van der Waals surface area (Å²) in [5, 5.41) is 13.7. The molecule has 0 aliphatic carbocycles. The van der Waals surface area contributed by atoms with Gasteiger partial charge in [0.1, 0.15) is 5.82 Å². The maximum absolute atomic E-state index is 13.1. The molecule has 21 heavy (non-hydrogen) atoms. The Morgan fingerprint density at radius 2 is 2.00 bits per heavy atom. The summed E-state index contributed by atoms with van der Waals surface area (Å²) in [4.78, 5) is 4.20. The SMILES string of the molecule is Nc1cccc(-c2nc(-c3ccc(F)cc3Br)no2)c1O. The van der Waals surface area contributed by atoms with E-state index in [0.717, 1.165) is 0 Å². The summed E-state index contributed by atoms with van der Waals surface area (Å²) in [6.07, 6.45) is 0. The van der Waals surface area contributed by atoms with E-state index >= 15 is 0 Å². The fourth-order valence-electron chi connectivity index (χ4n) is 1.85. The van der Waals surface area contributed by atoms with Gasteiger partial charge in [0, 0.05) is 10.0 Å². The number of phenols is 1. The molecular formula is C14H9BrFN3O2. The summed E-state index contributed by atoms with van der Waals surface area (Å²) in [5.41, 5.74) is 6.76. The van der Waals surface area contributed by atoms with Gasteiger partial charge in [-0.2, -0.15) is 4.98 Å². The zero-order valence-corrected chi connectivity index (χ0v) is 12.1. The van der Waals surface area contributed by atoms with Gasteiger partial charge < -0.3 is 15.4 Å². The lowest BCUT2D eigenvalue weighted by Crippen LogP contribution is -1.88. The van der Waals surface area contributed by atoms with Crippen LogP contribution in [0.3, 0.4) is 0 Å². The summed E-state index contributed by atoms with van der Waals surface area (Å²) in [6, 6.07) is 8.99. The molecule has 1 aromatic heterocycles. The predicted octanol–water partition coefficient (Wildman–Crippen LogP) is 3.59. The zero-order valence-electron chi connectivity index (χ0n) is 10.5. The highest BCUT2D eigenvalue weighted by atomic mass is 79.9.